The van der Waals surface area contributed by atoms with Crippen LogP contribution in [0.2, 0.25) is 0 Å². The summed E-state index contributed by atoms with van der Waals surface area (Å²) in [6, 6.07) is 6.21. The predicted octanol–water partition coefficient (Wildman–Crippen LogP) is -0.646. The van der Waals surface area contributed by atoms with Crippen molar-refractivity contribution in [3.63, 3.8) is 0 Å². The molecule has 2 fully saturated rings. The molecule has 3 rings (SSSR count). The number of β-lactam (4-membered cyclic amide) rings is 1. The lowest BCUT2D eigenvalue weighted by molar-refractivity contribution is -0.262. The van der Waals surface area contributed by atoms with Gasteiger partial charge in [-0.3, -0.25) is 19.3 Å². The number of aliphatic carboxylic acids is 2. The smallest absolute Gasteiger partial charge is 0.354 e. The van der Waals surface area contributed by atoms with Crippen LogP contribution in [0.3, 0.4) is 0 Å². The lowest BCUT2D eigenvalue weighted by Crippen LogP contribution is -2.77. The van der Waals surface area contributed by atoms with Crippen LogP contribution in [0, 0.1) is 0 Å². The van der Waals surface area contributed by atoms with Gasteiger partial charge in [0.25, 0.3) is 0 Å². The van der Waals surface area contributed by atoms with Crippen LogP contribution >= 0.6 is 0 Å². The van der Waals surface area contributed by atoms with E-state index in [4.69, 9.17) is 9.47 Å². The zero-order valence-corrected chi connectivity index (χ0v) is 14.3. The van der Waals surface area contributed by atoms with E-state index in [2.05, 4.69) is 5.32 Å². The van der Waals surface area contributed by atoms with Gasteiger partial charge in [0, 0.05) is 13.5 Å². The van der Waals surface area contributed by atoms with Crippen LogP contribution in [0.5, 0.6) is 0 Å². The summed E-state index contributed by atoms with van der Waals surface area (Å²) in [6.07, 6.45) is -2.22. The summed E-state index contributed by atoms with van der Waals surface area (Å²) < 4.78 is 10.2. The van der Waals surface area contributed by atoms with Crippen molar-refractivity contribution >= 4 is 23.8 Å². The average molecular weight is 378 g/mol. The van der Waals surface area contributed by atoms with Gasteiger partial charge in [-0.25, -0.2) is 4.79 Å². The maximum Gasteiger partial charge on any atom is 0.354 e. The molecule has 144 valence electrons. The highest BCUT2D eigenvalue weighted by Gasteiger charge is 2.57. The molecule has 0 spiro atoms. The molecule has 10 heteroatoms. The van der Waals surface area contributed by atoms with Gasteiger partial charge >= 0.3 is 11.9 Å². The van der Waals surface area contributed by atoms with Crippen molar-refractivity contribution in [3.8, 4) is 0 Å². The molecular weight excluding hydrogens is 360 g/mol. The maximum absolute atomic E-state index is 12.5. The zero-order chi connectivity index (χ0) is 19.7. The third-order valence-electron chi connectivity index (χ3n) is 4.64. The van der Waals surface area contributed by atoms with Crippen LogP contribution in [-0.2, 0) is 28.7 Å². The second-order valence-corrected chi connectivity index (χ2v) is 6.21. The van der Waals surface area contributed by atoms with Gasteiger partial charge in [0.15, 0.2) is 12.2 Å². The number of carbonyl (C=O) groups excluding carboxylic acids is 2. The van der Waals surface area contributed by atoms with Crippen molar-refractivity contribution in [1.29, 1.82) is 0 Å². The highest BCUT2D eigenvalue weighted by molar-refractivity contribution is 6.05. The number of carbonyl (C=O) groups is 4. The second-order valence-electron chi connectivity index (χ2n) is 6.21. The lowest BCUT2D eigenvalue weighted by Gasteiger charge is -2.53. The lowest BCUT2D eigenvalue weighted by atomic mass is 9.88. The van der Waals surface area contributed by atoms with Crippen LogP contribution in [0.1, 0.15) is 17.9 Å². The Morgan fingerprint density at radius 2 is 1.93 bits per heavy atom. The Kier molecular flexibility index (Phi) is 5.10. The highest BCUT2D eigenvalue weighted by atomic mass is 16.7. The Labute approximate surface area is 153 Å². The molecule has 0 radical (unpaired) electrons. The second kappa shape index (κ2) is 7.33. The van der Waals surface area contributed by atoms with E-state index >= 15 is 0 Å². The number of nitrogens with one attached hydrogen (secondary N) is 1. The van der Waals surface area contributed by atoms with Gasteiger partial charge in [-0.05, 0) is 5.56 Å². The largest absolute Gasteiger partial charge is 0.480 e. The number of nitrogens with zero attached hydrogens (tertiary/aromatic N) is 1. The number of hydrogen-bond donors (Lipinski definition) is 3. The topological polar surface area (TPSA) is 142 Å². The molecular formula is C17H18N2O8. The number of fused-ring (bicyclic) bond motifs is 1. The Morgan fingerprint density at radius 3 is 2.48 bits per heavy atom. The molecule has 3 N–H and O–H groups in total. The van der Waals surface area contributed by atoms with Gasteiger partial charge in [0.05, 0.1) is 6.04 Å². The summed E-state index contributed by atoms with van der Waals surface area (Å²) in [5.74, 6) is -5.69. The maximum atomic E-state index is 12.5. The first-order chi connectivity index (χ1) is 12.8. The number of carboxylic acid groups (broad SMARTS) is 2. The van der Waals surface area contributed by atoms with Crippen LogP contribution in [0.25, 0.3) is 0 Å². The van der Waals surface area contributed by atoms with Crippen LogP contribution < -0.4 is 5.32 Å². The van der Waals surface area contributed by atoms with E-state index in [1.165, 1.54) is 19.2 Å². The first-order valence-corrected chi connectivity index (χ1v) is 8.16. The Balaban J connectivity index is 1.77. The highest BCUT2D eigenvalue weighted by Crippen LogP contribution is 2.34. The Morgan fingerprint density at radius 1 is 1.26 bits per heavy atom. The average Bonchev–Trinajstić information content (AvgIpc) is 2.65. The molecule has 5 atom stereocenters. The quantitative estimate of drug-likeness (QED) is 0.438. The Hall–Kier alpha value is -2.98. The summed E-state index contributed by atoms with van der Waals surface area (Å²) in [5.41, 5.74) is 0.274. The minimum absolute atomic E-state index is 0.153. The predicted molar refractivity (Wildman–Crippen MR) is 87.3 cm³/mol. The van der Waals surface area contributed by atoms with Gasteiger partial charge in [0.1, 0.15) is 6.04 Å². The summed E-state index contributed by atoms with van der Waals surface area (Å²) >= 11 is 0. The van der Waals surface area contributed by atoms with E-state index in [1.54, 1.807) is 18.2 Å². The molecule has 2 aliphatic heterocycles. The van der Waals surface area contributed by atoms with E-state index in [-0.39, 0.29) is 12.0 Å². The molecule has 2 aliphatic rings. The molecule has 1 aromatic rings. The minimum atomic E-state index is -1.52. The fourth-order valence-electron chi connectivity index (χ4n) is 3.34. The molecule has 2 saturated heterocycles. The van der Waals surface area contributed by atoms with Crippen molar-refractivity contribution in [2.24, 2.45) is 0 Å². The third kappa shape index (κ3) is 3.36. The van der Waals surface area contributed by atoms with Gasteiger partial charge in [-0.2, -0.15) is 0 Å². The number of carboxylic acids is 2. The van der Waals surface area contributed by atoms with Crippen LogP contribution in [0.4, 0.5) is 0 Å². The van der Waals surface area contributed by atoms with Crippen molar-refractivity contribution in [2.75, 3.05) is 7.11 Å². The van der Waals surface area contributed by atoms with Gasteiger partial charge in [0.2, 0.25) is 18.0 Å². The van der Waals surface area contributed by atoms with Crippen LogP contribution in [-0.4, -0.2) is 70.6 Å². The number of amides is 2. The van der Waals surface area contributed by atoms with Crippen molar-refractivity contribution in [1.82, 2.24) is 10.2 Å². The molecule has 2 amide bonds. The normalized spacial score (nSPS) is 27.9. The fourth-order valence-corrected chi connectivity index (χ4v) is 3.34. The standard InChI is InChI=1S/C17H18N2O8/c1-26-10-7-9-12(14(21)19(9)15(27-10)17(24)25)18-13(20)11(16(22)23)8-5-3-2-4-6-8/h2-6,9-12,15H,7H2,1H3,(H,18,20)(H,22,23)(H,24,25)/t9?,10-,11?,12?,15+/m0/s1. The van der Waals surface area contributed by atoms with Gasteiger partial charge in [-0.1, -0.05) is 30.3 Å². The number of methoxy groups -OCH3 is 1. The van der Waals surface area contributed by atoms with Crippen molar-refractivity contribution < 1.29 is 38.9 Å². The van der Waals surface area contributed by atoms with E-state index in [0.29, 0.717) is 0 Å². The molecule has 10 nitrogen and oxygen atoms in total. The van der Waals surface area contributed by atoms with E-state index < -0.39 is 54.3 Å². The SMILES string of the molecule is CO[C@@H]1CC2C(NC(=O)C(C(=O)O)c3ccccc3)C(=O)N2[C@@H](C(=O)O)O1. The minimum Gasteiger partial charge on any atom is -0.480 e. The van der Waals surface area contributed by atoms with E-state index in [0.717, 1.165) is 4.90 Å². The molecule has 27 heavy (non-hydrogen) atoms. The summed E-state index contributed by atoms with van der Waals surface area (Å²) in [4.78, 5) is 48.8. The first kappa shape index (κ1) is 18.8. The number of benzene rings is 1. The van der Waals surface area contributed by atoms with Gasteiger partial charge < -0.3 is 25.0 Å². The first-order valence-electron chi connectivity index (χ1n) is 8.16. The summed E-state index contributed by atoms with van der Waals surface area (Å²) in [6.45, 7) is 0. The third-order valence-corrected chi connectivity index (χ3v) is 4.64. The number of ether oxygens (including phenoxy) is 2. The fraction of sp³-hybridized carbons (Fsp3) is 0.412. The van der Waals surface area contributed by atoms with Crippen LogP contribution in [0.15, 0.2) is 30.3 Å². The molecule has 0 aliphatic carbocycles. The molecule has 0 saturated carbocycles. The summed E-state index contributed by atoms with van der Waals surface area (Å²) in [7, 11) is 1.34. The van der Waals surface area contributed by atoms with Crippen molar-refractivity contribution in [3.05, 3.63) is 35.9 Å². The Bertz CT molecular complexity index is 767. The number of rotatable bonds is 6. The van der Waals surface area contributed by atoms with Crippen molar-refractivity contribution in [2.45, 2.75) is 36.9 Å². The molecule has 0 bridgehead atoms. The monoisotopic (exact) mass is 378 g/mol. The molecule has 0 aromatic heterocycles. The van der Waals surface area contributed by atoms with E-state index in [9.17, 15) is 29.4 Å². The summed E-state index contributed by atoms with van der Waals surface area (Å²) in [5, 5.41) is 21.1. The van der Waals surface area contributed by atoms with E-state index in [1.807, 2.05) is 0 Å². The molecule has 2 heterocycles. The zero-order valence-electron chi connectivity index (χ0n) is 14.3. The molecule has 3 unspecified atom stereocenters. The van der Waals surface area contributed by atoms with Gasteiger partial charge in [-0.15, -0.1) is 0 Å². The number of hydrogen-bond acceptors (Lipinski definition) is 6. The molecule has 1 aromatic carbocycles.